The van der Waals surface area contributed by atoms with Gasteiger partial charge in [-0.15, -0.1) is 45.3 Å². The number of fused-ring (bicyclic) bond motifs is 2. The van der Waals surface area contributed by atoms with Crippen molar-refractivity contribution in [2.75, 3.05) is 0 Å². The Balaban J connectivity index is 1.21. The molecular formula is C50H51BS4. The third-order valence-electron chi connectivity index (χ3n) is 10.9. The zero-order chi connectivity index (χ0) is 39.0. The molecule has 0 saturated carbocycles. The van der Waals surface area contributed by atoms with E-state index in [2.05, 4.69) is 185 Å². The molecule has 0 radical (unpaired) electrons. The molecule has 0 aliphatic carbocycles. The van der Waals surface area contributed by atoms with E-state index in [1.807, 2.05) is 45.3 Å². The molecule has 7 aromatic rings. The van der Waals surface area contributed by atoms with Crippen LogP contribution in [-0.2, 0) is 16.2 Å². The molecule has 4 aromatic heterocycles. The second-order valence-corrected chi connectivity index (χ2v) is 22.9. The van der Waals surface area contributed by atoms with Crippen LogP contribution in [0.15, 0.2) is 97.1 Å². The maximum atomic E-state index is 2.54. The van der Waals surface area contributed by atoms with Crippen molar-refractivity contribution in [1.29, 1.82) is 0 Å². The number of hydrogen-bond acceptors (Lipinski definition) is 4. The minimum absolute atomic E-state index is 0.0364. The third kappa shape index (κ3) is 7.46. The van der Waals surface area contributed by atoms with Gasteiger partial charge in [0.25, 0.3) is 0 Å². The lowest BCUT2D eigenvalue weighted by Gasteiger charge is -2.36. The van der Waals surface area contributed by atoms with Gasteiger partial charge in [-0.3, -0.25) is 0 Å². The predicted molar refractivity (Wildman–Crippen MR) is 252 cm³/mol. The molecule has 0 atom stereocenters. The Morgan fingerprint density at radius 2 is 0.855 bits per heavy atom. The summed E-state index contributed by atoms with van der Waals surface area (Å²) in [7, 11) is 0. The fourth-order valence-corrected chi connectivity index (χ4v) is 12.1. The van der Waals surface area contributed by atoms with Gasteiger partial charge in [0.1, 0.15) is 0 Å². The monoisotopic (exact) mass is 790 g/mol. The molecular weight excluding hydrogens is 740 g/mol. The van der Waals surface area contributed by atoms with Crippen molar-refractivity contribution in [3.63, 3.8) is 0 Å². The lowest BCUT2D eigenvalue weighted by Crippen LogP contribution is -2.58. The van der Waals surface area contributed by atoms with Crippen LogP contribution < -0.4 is 16.4 Å². The van der Waals surface area contributed by atoms with E-state index in [-0.39, 0.29) is 23.0 Å². The Labute approximate surface area is 345 Å². The third-order valence-corrected chi connectivity index (χ3v) is 15.8. The summed E-state index contributed by atoms with van der Waals surface area (Å²) in [5, 5.41) is 0. The molecule has 55 heavy (non-hydrogen) atoms. The predicted octanol–water partition coefficient (Wildman–Crippen LogP) is 14.1. The molecule has 0 saturated heterocycles. The Kier molecular flexibility index (Phi) is 9.73. The van der Waals surface area contributed by atoms with E-state index < -0.39 is 0 Å². The van der Waals surface area contributed by atoms with Gasteiger partial charge >= 0.3 is 0 Å². The van der Waals surface area contributed by atoms with Crippen LogP contribution in [0.2, 0.25) is 0 Å². The Hall–Kier alpha value is -3.74. The number of benzene rings is 3. The summed E-state index contributed by atoms with van der Waals surface area (Å²) in [6, 6.07) is 37.7. The van der Waals surface area contributed by atoms with E-state index in [1.54, 1.807) is 0 Å². The second-order valence-electron chi connectivity index (χ2n) is 18.4. The standard InChI is InChI=1S/C50H51BS4/c1-30-12-17-38-32(26-30)14-15-33-27-34(16-18-39(33)51(38)47-36(49(6,7)8)28-35(48(3,4)5)29-37(47)50(9,10)11)40-20-21-43(53-40)44-24-25-46(55-44)45-23-22-42(54-45)41-19-13-31(2)52-41/h12-29H,1-11H3. The summed E-state index contributed by atoms with van der Waals surface area (Å²) in [6.45, 7) is 25.9. The van der Waals surface area contributed by atoms with Gasteiger partial charge in [-0.1, -0.05) is 139 Å². The Bertz CT molecular complexity index is 2540. The van der Waals surface area contributed by atoms with Crippen molar-refractivity contribution >= 4 is 80.6 Å². The normalized spacial score (nSPS) is 13.3. The zero-order valence-corrected chi connectivity index (χ0v) is 37.4. The molecule has 0 fully saturated rings. The van der Waals surface area contributed by atoms with Gasteiger partial charge in [0.2, 0.25) is 6.71 Å². The van der Waals surface area contributed by atoms with E-state index in [1.165, 1.54) is 94.3 Å². The van der Waals surface area contributed by atoms with Gasteiger partial charge in [0, 0.05) is 39.0 Å². The molecule has 278 valence electrons. The molecule has 0 N–H and O–H groups in total. The summed E-state index contributed by atoms with van der Waals surface area (Å²) in [6.07, 6.45) is 4.74. The molecule has 0 nitrogen and oxygen atoms in total. The molecule has 0 amide bonds. The maximum absolute atomic E-state index is 2.54. The van der Waals surface area contributed by atoms with E-state index in [9.17, 15) is 0 Å². The fourth-order valence-electron chi connectivity index (χ4n) is 7.93. The van der Waals surface area contributed by atoms with Crippen LogP contribution >= 0.6 is 45.3 Å². The average Bonchev–Trinajstić information content (AvgIpc) is 3.93. The summed E-state index contributed by atoms with van der Waals surface area (Å²) in [4.78, 5) is 10.7. The highest BCUT2D eigenvalue weighted by atomic mass is 32.1. The quantitative estimate of drug-likeness (QED) is 0.152. The molecule has 1 aliphatic rings. The first kappa shape index (κ1) is 38.2. The minimum Gasteiger partial charge on any atom is -0.140 e. The first-order valence-corrected chi connectivity index (χ1v) is 22.7. The lowest BCUT2D eigenvalue weighted by molar-refractivity contribution is 0.553. The van der Waals surface area contributed by atoms with E-state index >= 15 is 0 Å². The number of rotatable bonds is 5. The fraction of sp³-hybridized carbons (Fsp3) is 0.280. The topological polar surface area (TPSA) is 0 Å². The molecule has 0 bridgehead atoms. The van der Waals surface area contributed by atoms with Crippen molar-refractivity contribution in [3.8, 4) is 39.7 Å². The van der Waals surface area contributed by atoms with E-state index in [0.717, 1.165) is 0 Å². The summed E-state index contributed by atoms with van der Waals surface area (Å²) in [5.74, 6) is 0. The highest BCUT2D eigenvalue weighted by molar-refractivity contribution is 7.29. The van der Waals surface area contributed by atoms with Crippen LogP contribution in [0.3, 0.4) is 0 Å². The van der Waals surface area contributed by atoms with Crippen molar-refractivity contribution in [1.82, 2.24) is 0 Å². The summed E-state index contributed by atoms with van der Waals surface area (Å²) < 4.78 is 0. The molecule has 8 rings (SSSR count). The van der Waals surface area contributed by atoms with Crippen molar-refractivity contribution in [3.05, 3.63) is 135 Å². The van der Waals surface area contributed by atoms with Crippen LogP contribution in [0.4, 0.5) is 0 Å². The van der Waals surface area contributed by atoms with E-state index in [0.29, 0.717) is 0 Å². The molecule has 1 aliphatic heterocycles. The van der Waals surface area contributed by atoms with Gasteiger partial charge in [0.05, 0.1) is 0 Å². The van der Waals surface area contributed by atoms with Gasteiger partial charge in [0.15, 0.2) is 0 Å². The zero-order valence-electron chi connectivity index (χ0n) is 34.1. The maximum Gasteiger partial charge on any atom is 0.243 e. The Morgan fingerprint density at radius 3 is 1.33 bits per heavy atom. The molecule has 0 spiro atoms. The first-order chi connectivity index (χ1) is 25.9. The van der Waals surface area contributed by atoms with E-state index in [4.69, 9.17) is 0 Å². The van der Waals surface area contributed by atoms with Crippen LogP contribution in [0.5, 0.6) is 0 Å². The van der Waals surface area contributed by atoms with Gasteiger partial charge in [-0.25, -0.2) is 0 Å². The number of thiophene rings is 4. The highest BCUT2D eigenvalue weighted by Gasteiger charge is 2.37. The SMILES string of the molecule is Cc1ccc2c(c1)C=Cc1cc(-c3ccc(-c4ccc(-c5ccc(-c6ccc(C)s6)s5)s4)s3)ccc1B2c1c(C(C)(C)C)cc(C(C)(C)C)cc1C(C)(C)C. The number of aryl methyl sites for hydroxylation is 2. The molecule has 5 heteroatoms. The van der Waals surface area contributed by atoms with Gasteiger partial charge in [-0.2, -0.15) is 0 Å². The first-order valence-electron chi connectivity index (χ1n) is 19.4. The van der Waals surface area contributed by atoms with Crippen LogP contribution in [-0.4, -0.2) is 6.71 Å². The molecule has 0 unspecified atom stereocenters. The second kappa shape index (κ2) is 14.0. The Morgan fingerprint density at radius 1 is 0.418 bits per heavy atom. The van der Waals surface area contributed by atoms with Gasteiger partial charge < -0.3 is 0 Å². The minimum atomic E-state index is -0.0364. The van der Waals surface area contributed by atoms with Crippen molar-refractivity contribution < 1.29 is 0 Å². The smallest absolute Gasteiger partial charge is 0.140 e. The number of hydrogen-bond donors (Lipinski definition) is 0. The van der Waals surface area contributed by atoms with Crippen molar-refractivity contribution in [2.24, 2.45) is 0 Å². The summed E-state index contributed by atoms with van der Waals surface area (Å²) >= 11 is 7.57. The van der Waals surface area contributed by atoms with Crippen molar-refractivity contribution in [2.45, 2.75) is 92.4 Å². The van der Waals surface area contributed by atoms with Crippen LogP contribution in [0.1, 0.15) is 101 Å². The molecule has 5 heterocycles. The lowest BCUT2D eigenvalue weighted by atomic mass is 9.33. The van der Waals surface area contributed by atoms with Gasteiger partial charge in [-0.05, 0) is 118 Å². The van der Waals surface area contributed by atoms with Crippen LogP contribution in [0.25, 0.3) is 51.9 Å². The van der Waals surface area contributed by atoms with Crippen LogP contribution in [0, 0.1) is 13.8 Å². The highest BCUT2D eigenvalue weighted by Crippen LogP contribution is 2.44. The largest absolute Gasteiger partial charge is 0.243 e. The average molecular weight is 791 g/mol. The summed E-state index contributed by atoms with van der Waals surface area (Å²) in [5.41, 5.74) is 13.8. The molecule has 3 aromatic carbocycles.